The van der Waals surface area contributed by atoms with E-state index >= 15 is 0 Å². The lowest BCUT2D eigenvalue weighted by Crippen LogP contribution is -2.04. The minimum atomic E-state index is -0.522. The smallest absolute Gasteiger partial charge is 0.344 e. The van der Waals surface area contributed by atoms with E-state index in [2.05, 4.69) is 0 Å². The van der Waals surface area contributed by atoms with Gasteiger partial charge in [-0.3, -0.25) is 10.1 Å². The average Bonchev–Trinajstić information content (AvgIpc) is 2.53. The fraction of sp³-hybridized carbons (Fsp3) is 0.0625. The van der Waals surface area contributed by atoms with Gasteiger partial charge in [0, 0.05) is 17.0 Å². The molecule has 3 rings (SSSR count). The van der Waals surface area contributed by atoms with Crippen molar-refractivity contribution in [2.45, 2.75) is 0 Å². The lowest BCUT2D eigenvalue weighted by molar-refractivity contribution is -0.384. The number of hydrogen-bond donors (Lipinski definition) is 0. The van der Waals surface area contributed by atoms with Crippen LogP contribution in [-0.2, 0) is 0 Å². The Morgan fingerprint density at radius 1 is 1.09 bits per heavy atom. The summed E-state index contributed by atoms with van der Waals surface area (Å²) in [5.74, 6) is 0.247. The van der Waals surface area contributed by atoms with Crippen LogP contribution in [0, 0.1) is 10.1 Å². The van der Waals surface area contributed by atoms with Crippen LogP contribution in [-0.4, -0.2) is 12.0 Å². The maximum Gasteiger partial charge on any atom is 0.344 e. The summed E-state index contributed by atoms with van der Waals surface area (Å²) < 4.78 is 10.5. The highest BCUT2D eigenvalue weighted by molar-refractivity contribution is 5.83. The molecule has 0 aliphatic heterocycles. The van der Waals surface area contributed by atoms with Crippen molar-refractivity contribution in [2.75, 3.05) is 7.11 Å². The van der Waals surface area contributed by atoms with Gasteiger partial charge in [-0.25, -0.2) is 4.79 Å². The topological polar surface area (TPSA) is 82.6 Å². The summed E-state index contributed by atoms with van der Waals surface area (Å²) in [5, 5.41) is 11.6. The Balaban J connectivity index is 2.24. The predicted octanol–water partition coefficient (Wildman–Crippen LogP) is 3.38. The summed E-state index contributed by atoms with van der Waals surface area (Å²) in [6.45, 7) is 0. The van der Waals surface area contributed by atoms with Crippen LogP contribution < -0.4 is 10.4 Å². The molecule has 0 N–H and O–H groups in total. The second-order valence-corrected chi connectivity index (χ2v) is 4.63. The molecule has 6 nitrogen and oxygen atoms in total. The third-order valence-corrected chi connectivity index (χ3v) is 3.33. The Hall–Kier alpha value is -3.15. The van der Waals surface area contributed by atoms with Gasteiger partial charge in [-0.15, -0.1) is 0 Å². The zero-order chi connectivity index (χ0) is 15.7. The molecule has 6 heteroatoms. The van der Waals surface area contributed by atoms with E-state index < -0.39 is 10.5 Å². The lowest BCUT2D eigenvalue weighted by Gasteiger charge is -2.08. The SMILES string of the molecule is COc1cc([N+](=O)[O-])ccc1-c1cc2ccccc2oc1=O. The van der Waals surface area contributed by atoms with E-state index in [1.54, 1.807) is 18.2 Å². The minimum Gasteiger partial charge on any atom is -0.496 e. The highest BCUT2D eigenvalue weighted by atomic mass is 16.6. The van der Waals surface area contributed by atoms with Crippen molar-refractivity contribution in [3.05, 3.63) is 69.1 Å². The van der Waals surface area contributed by atoms with Crippen molar-refractivity contribution in [3.63, 3.8) is 0 Å². The molecule has 0 spiro atoms. The van der Waals surface area contributed by atoms with Crippen LogP contribution in [0.4, 0.5) is 5.69 Å². The van der Waals surface area contributed by atoms with Gasteiger partial charge >= 0.3 is 5.63 Å². The molecule has 0 saturated carbocycles. The molecule has 110 valence electrons. The summed E-state index contributed by atoms with van der Waals surface area (Å²) >= 11 is 0. The Bertz CT molecular complexity index is 929. The first-order valence-corrected chi connectivity index (χ1v) is 6.46. The standard InChI is InChI=1S/C16H11NO5/c1-21-15-9-11(17(19)20)6-7-12(15)13-8-10-4-2-3-5-14(10)22-16(13)18/h2-9H,1H3. The zero-order valence-corrected chi connectivity index (χ0v) is 11.6. The van der Waals surface area contributed by atoms with E-state index in [4.69, 9.17) is 9.15 Å². The molecule has 2 aromatic carbocycles. The largest absolute Gasteiger partial charge is 0.496 e. The number of hydrogen-bond acceptors (Lipinski definition) is 5. The van der Waals surface area contributed by atoms with Crippen molar-refractivity contribution in [1.82, 2.24) is 0 Å². The molecule has 0 bridgehead atoms. The van der Waals surface area contributed by atoms with Gasteiger partial charge in [-0.1, -0.05) is 18.2 Å². The van der Waals surface area contributed by atoms with E-state index in [1.165, 1.54) is 25.3 Å². The molecule has 0 saturated heterocycles. The summed E-state index contributed by atoms with van der Waals surface area (Å²) in [5.41, 5.74) is 0.604. The van der Waals surface area contributed by atoms with E-state index in [0.717, 1.165) is 5.39 Å². The third kappa shape index (κ3) is 2.31. The molecule has 3 aromatic rings. The first-order valence-electron chi connectivity index (χ1n) is 6.46. The van der Waals surface area contributed by atoms with Crippen molar-refractivity contribution in [2.24, 2.45) is 0 Å². The van der Waals surface area contributed by atoms with Crippen LogP contribution >= 0.6 is 0 Å². The van der Waals surface area contributed by atoms with Crippen molar-refractivity contribution in [3.8, 4) is 16.9 Å². The number of benzene rings is 2. The highest BCUT2D eigenvalue weighted by Gasteiger charge is 2.16. The molecule has 1 heterocycles. The van der Waals surface area contributed by atoms with Gasteiger partial charge in [0.05, 0.1) is 23.7 Å². The lowest BCUT2D eigenvalue weighted by atomic mass is 10.0. The molecule has 0 aliphatic rings. The first-order chi connectivity index (χ1) is 10.6. The van der Waals surface area contributed by atoms with Crippen molar-refractivity contribution < 1.29 is 14.1 Å². The van der Waals surface area contributed by atoms with E-state index in [1.807, 2.05) is 12.1 Å². The summed E-state index contributed by atoms with van der Waals surface area (Å²) in [7, 11) is 1.39. The molecule has 0 atom stereocenters. The predicted molar refractivity (Wildman–Crippen MR) is 81.1 cm³/mol. The number of non-ortho nitro benzene ring substituents is 1. The van der Waals surface area contributed by atoms with E-state index in [9.17, 15) is 14.9 Å². The minimum absolute atomic E-state index is 0.106. The number of nitro benzene ring substituents is 1. The maximum absolute atomic E-state index is 12.2. The Labute approximate surface area is 124 Å². The molecular formula is C16H11NO5. The average molecular weight is 297 g/mol. The van der Waals surface area contributed by atoms with E-state index in [0.29, 0.717) is 16.7 Å². The fourth-order valence-electron chi connectivity index (χ4n) is 2.27. The zero-order valence-electron chi connectivity index (χ0n) is 11.6. The summed E-state index contributed by atoms with van der Waals surface area (Å²) in [6.07, 6.45) is 0. The molecule has 0 radical (unpaired) electrons. The molecule has 0 amide bonds. The monoisotopic (exact) mass is 297 g/mol. The summed E-state index contributed by atoms with van der Waals surface area (Å²) in [4.78, 5) is 22.5. The van der Waals surface area contributed by atoms with Crippen LogP contribution in [0.15, 0.2) is 57.7 Å². The van der Waals surface area contributed by atoms with Crippen LogP contribution in [0.25, 0.3) is 22.1 Å². The van der Waals surface area contributed by atoms with Crippen LogP contribution in [0.1, 0.15) is 0 Å². The third-order valence-electron chi connectivity index (χ3n) is 3.33. The second kappa shape index (κ2) is 5.33. The molecule has 0 aliphatic carbocycles. The van der Waals surface area contributed by atoms with Gasteiger partial charge in [0.25, 0.3) is 5.69 Å². The van der Waals surface area contributed by atoms with Gasteiger partial charge in [0.2, 0.25) is 0 Å². The quantitative estimate of drug-likeness (QED) is 0.420. The first kappa shape index (κ1) is 13.8. The Kier molecular flexibility index (Phi) is 3.34. The van der Waals surface area contributed by atoms with Gasteiger partial charge in [-0.05, 0) is 18.2 Å². The highest BCUT2D eigenvalue weighted by Crippen LogP contribution is 2.32. The second-order valence-electron chi connectivity index (χ2n) is 4.63. The number of nitro groups is 1. The Morgan fingerprint density at radius 3 is 2.59 bits per heavy atom. The molecule has 0 fully saturated rings. The molecule has 0 unspecified atom stereocenters. The molecular weight excluding hydrogens is 286 g/mol. The fourth-order valence-corrected chi connectivity index (χ4v) is 2.27. The van der Waals surface area contributed by atoms with Crippen LogP contribution in [0.3, 0.4) is 0 Å². The summed E-state index contributed by atoms with van der Waals surface area (Å²) in [6, 6.07) is 12.9. The van der Waals surface area contributed by atoms with Crippen molar-refractivity contribution in [1.29, 1.82) is 0 Å². The van der Waals surface area contributed by atoms with Crippen LogP contribution in [0.5, 0.6) is 5.75 Å². The number of ether oxygens (including phenoxy) is 1. The van der Waals surface area contributed by atoms with Gasteiger partial charge in [0.1, 0.15) is 11.3 Å². The van der Waals surface area contributed by atoms with E-state index in [-0.39, 0.29) is 11.4 Å². The molecule has 22 heavy (non-hydrogen) atoms. The maximum atomic E-state index is 12.2. The normalized spacial score (nSPS) is 10.6. The Morgan fingerprint density at radius 2 is 1.86 bits per heavy atom. The van der Waals surface area contributed by atoms with Crippen molar-refractivity contribution >= 4 is 16.7 Å². The number of rotatable bonds is 3. The van der Waals surface area contributed by atoms with Gasteiger partial charge < -0.3 is 9.15 Å². The number of methoxy groups -OCH3 is 1. The molecule has 1 aromatic heterocycles. The number of para-hydroxylation sites is 1. The number of nitrogens with zero attached hydrogens (tertiary/aromatic N) is 1. The number of fused-ring (bicyclic) bond motifs is 1. The van der Waals surface area contributed by atoms with Gasteiger partial charge in [0.15, 0.2) is 0 Å². The van der Waals surface area contributed by atoms with Gasteiger partial charge in [-0.2, -0.15) is 0 Å². The van der Waals surface area contributed by atoms with Crippen LogP contribution in [0.2, 0.25) is 0 Å².